The fraction of sp³-hybridized carbons (Fsp3) is 0.333. The van der Waals surface area contributed by atoms with E-state index in [4.69, 9.17) is 0 Å². The van der Waals surface area contributed by atoms with E-state index >= 15 is 0 Å². The summed E-state index contributed by atoms with van der Waals surface area (Å²) in [4.78, 5) is 2.18. The first kappa shape index (κ1) is 17.3. The van der Waals surface area contributed by atoms with Crippen LogP contribution in [0.3, 0.4) is 0 Å². The summed E-state index contributed by atoms with van der Waals surface area (Å²) in [5.74, 6) is 0.163. The lowest BCUT2D eigenvalue weighted by Gasteiger charge is -2.23. The van der Waals surface area contributed by atoms with Gasteiger partial charge in [-0.3, -0.25) is 4.72 Å². The van der Waals surface area contributed by atoms with Crippen molar-refractivity contribution in [2.24, 2.45) is 0 Å². The normalized spacial score (nSPS) is 11.2. The summed E-state index contributed by atoms with van der Waals surface area (Å²) in [5, 5.41) is 0. The number of para-hydroxylation sites is 1. The molecule has 0 saturated carbocycles. The monoisotopic (exact) mass is 332 g/mol. The minimum atomic E-state index is -3.25. The summed E-state index contributed by atoms with van der Waals surface area (Å²) in [5.41, 5.74) is 2.76. The highest BCUT2D eigenvalue weighted by molar-refractivity contribution is 7.92. The molecule has 5 heteroatoms. The minimum absolute atomic E-state index is 0.163. The third-order valence-corrected chi connectivity index (χ3v) is 4.98. The van der Waals surface area contributed by atoms with Gasteiger partial charge in [0.2, 0.25) is 10.0 Å². The molecule has 0 spiro atoms. The summed E-state index contributed by atoms with van der Waals surface area (Å²) in [6.45, 7) is 4.91. The largest absolute Gasteiger partial charge is 0.342 e. The Balaban J connectivity index is 2.12. The fourth-order valence-corrected chi connectivity index (χ4v) is 3.66. The maximum absolute atomic E-state index is 11.9. The fourth-order valence-electron chi connectivity index (χ4n) is 2.40. The Labute approximate surface area is 139 Å². The number of unbranched alkanes of at least 4 members (excludes halogenated alkanes) is 1. The third kappa shape index (κ3) is 4.99. The van der Waals surface area contributed by atoms with Crippen LogP contribution in [0.1, 0.15) is 26.7 Å². The van der Waals surface area contributed by atoms with Crippen molar-refractivity contribution in [3.8, 4) is 0 Å². The molecule has 0 aliphatic rings. The molecule has 0 heterocycles. The van der Waals surface area contributed by atoms with Gasteiger partial charge in [0.15, 0.2) is 0 Å². The van der Waals surface area contributed by atoms with Crippen molar-refractivity contribution >= 4 is 27.1 Å². The molecule has 0 atom stereocenters. The van der Waals surface area contributed by atoms with Crippen LogP contribution >= 0.6 is 0 Å². The number of hydrogen-bond donors (Lipinski definition) is 1. The number of benzene rings is 2. The van der Waals surface area contributed by atoms with Crippen LogP contribution in [-0.2, 0) is 10.0 Å². The molecule has 2 rings (SSSR count). The van der Waals surface area contributed by atoms with Gasteiger partial charge in [-0.1, -0.05) is 31.5 Å². The third-order valence-electron chi connectivity index (χ3n) is 3.60. The summed E-state index contributed by atoms with van der Waals surface area (Å²) >= 11 is 0. The highest BCUT2D eigenvalue weighted by Crippen LogP contribution is 2.26. The van der Waals surface area contributed by atoms with E-state index in [1.807, 2.05) is 49.4 Å². The van der Waals surface area contributed by atoms with Crippen molar-refractivity contribution in [3.05, 3.63) is 54.6 Å². The maximum atomic E-state index is 11.9. The van der Waals surface area contributed by atoms with E-state index in [1.165, 1.54) is 0 Å². The molecule has 0 aromatic heterocycles. The van der Waals surface area contributed by atoms with Gasteiger partial charge in [-0.2, -0.15) is 0 Å². The summed E-state index contributed by atoms with van der Waals surface area (Å²) < 4.78 is 26.5. The predicted octanol–water partition coefficient (Wildman–Crippen LogP) is 4.39. The molecule has 23 heavy (non-hydrogen) atoms. The second-order valence-corrected chi connectivity index (χ2v) is 7.24. The van der Waals surface area contributed by atoms with Crippen LogP contribution in [0, 0.1) is 0 Å². The standard InChI is InChI=1S/C18H24N2O2S/c1-3-5-15-23(21,22)19-16-11-13-18(14-12-16)20(4-2)17-9-7-6-8-10-17/h6-14,19H,3-5,15H2,1-2H3. The minimum Gasteiger partial charge on any atom is -0.342 e. The van der Waals surface area contributed by atoms with Crippen molar-refractivity contribution in [2.75, 3.05) is 21.9 Å². The van der Waals surface area contributed by atoms with Crippen molar-refractivity contribution in [2.45, 2.75) is 26.7 Å². The molecule has 0 bridgehead atoms. The molecule has 0 aliphatic heterocycles. The Morgan fingerprint density at radius 1 is 0.913 bits per heavy atom. The van der Waals surface area contributed by atoms with Gasteiger partial charge in [0.25, 0.3) is 0 Å². The lowest BCUT2D eigenvalue weighted by Crippen LogP contribution is -2.17. The van der Waals surface area contributed by atoms with Crippen molar-refractivity contribution < 1.29 is 8.42 Å². The summed E-state index contributed by atoms with van der Waals surface area (Å²) in [6.07, 6.45) is 1.54. The zero-order valence-corrected chi connectivity index (χ0v) is 14.5. The second-order valence-electron chi connectivity index (χ2n) is 5.40. The zero-order chi connectivity index (χ0) is 16.7. The van der Waals surface area contributed by atoms with Gasteiger partial charge in [0.05, 0.1) is 5.75 Å². The van der Waals surface area contributed by atoms with Crippen LogP contribution in [0.15, 0.2) is 54.6 Å². The van der Waals surface area contributed by atoms with Gasteiger partial charge < -0.3 is 4.90 Å². The smallest absolute Gasteiger partial charge is 0.232 e. The van der Waals surface area contributed by atoms with Crippen LogP contribution < -0.4 is 9.62 Å². The van der Waals surface area contributed by atoms with E-state index in [-0.39, 0.29) is 5.75 Å². The number of nitrogens with zero attached hydrogens (tertiary/aromatic N) is 1. The zero-order valence-electron chi connectivity index (χ0n) is 13.7. The Kier molecular flexibility index (Phi) is 6.04. The maximum Gasteiger partial charge on any atom is 0.232 e. The highest BCUT2D eigenvalue weighted by atomic mass is 32.2. The van der Waals surface area contributed by atoms with Crippen LogP contribution in [0.5, 0.6) is 0 Å². The van der Waals surface area contributed by atoms with Crippen molar-refractivity contribution in [1.82, 2.24) is 0 Å². The van der Waals surface area contributed by atoms with Gasteiger partial charge >= 0.3 is 0 Å². The van der Waals surface area contributed by atoms with E-state index in [0.717, 1.165) is 24.3 Å². The van der Waals surface area contributed by atoms with Crippen molar-refractivity contribution in [1.29, 1.82) is 0 Å². The number of nitrogens with one attached hydrogen (secondary N) is 1. The molecule has 2 aromatic rings. The quantitative estimate of drug-likeness (QED) is 0.780. The number of rotatable bonds is 8. The van der Waals surface area contributed by atoms with E-state index in [9.17, 15) is 8.42 Å². The van der Waals surface area contributed by atoms with Crippen LogP contribution in [0.25, 0.3) is 0 Å². The van der Waals surface area contributed by atoms with Gasteiger partial charge in [-0.05, 0) is 49.7 Å². The first-order valence-corrected chi connectivity index (χ1v) is 9.64. The van der Waals surface area contributed by atoms with Crippen LogP contribution in [0.2, 0.25) is 0 Å². The molecule has 0 fully saturated rings. The van der Waals surface area contributed by atoms with E-state index in [1.54, 1.807) is 0 Å². The molecule has 0 unspecified atom stereocenters. The molecule has 0 saturated heterocycles. The highest BCUT2D eigenvalue weighted by Gasteiger charge is 2.11. The molecule has 4 nitrogen and oxygen atoms in total. The Morgan fingerprint density at radius 3 is 2.09 bits per heavy atom. The lowest BCUT2D eigenvalue weighted by atomic mass is 10.2. The lowest BCUT2D eigenvalue weighted by molar-refractivity contribution is 0.598. The molecule has 1 N–H and O–H groups in total. The first-order chi connectivity index (χ1) is 11.1. The van der Waals surface area contributed by atoms with E-state index in [2.05, 4.69) is 28.7 Å². The first-order valence-electron chi connectivity index (χ1n) is 7.99. The van der Waals surface area contributed by atoms with Crippen LogP contribution in [-0.4, -0.2) is 20.7 Å². The molecule has 0 aliphatic carbocycles. The Hall–Kier alpha value is -2.01. The Bertz CT molecular complexity index is 698. The SMILES string of the molecule is CCCCS(=O)(=O)Nc1ccc(N(CC)c2ccccc2)cc1. The second kappa shape index (κ2) is 8.02. The van der Waals surface area contributed by atoms with Gasteiger partial charge in [0, 0.05) is 23.6 Å². The molecule has 2 aromatic carbocycles. The number of hydrogen-bond acceptors (Lipinski definition) is 3. The van der Waals surface area contributed by atoms with Crippen LogP contribution in [0.4, 0.5) is 17.1 Å². The van der Waals surface area contributed by atoms with Gasteiger partial charge in [0.1, 0.15) is 0 Å². The predicted molar refractivity (Wildman–Crippen MR) is 97.9 cm³/mol. The topological polar surface area (TPSA) is 49.4 Å². The molecule has 124 valence electrons. The number of anilines is 3. The number of sulfonamides is 1. The molecular formula is C18H24N2O2S. The molecular weight excluding hydrogens is 308 g/mol. The average molecular weight is 332 g/mol. The average Bonchev–Trinajstić information content (AvgIpc) is 2.56. The van der Waals surface area contributed by atoms with E-state index < -0.39 is 10.0 Å². The molecule has 0 radical (unpaired) electrons. The van der Waals surface area contributed by atoms with Gasteiger partial charge in [-0.25, -0.2) is 8.42 Å². The summed E-state index contributed by atoms with van der Waals surface area (Å²) in [7, 11) is -3.25. The van der Waals surface area contributed by atoms with E-state index in [0.29, 0.717) is 12.1 Å². The Morgan fingerprint density at radius 2 is 1.52 bits per heavy atom. The summed E-state index contributed by atoms with van der Waals surface area (Å²) in [6, 6.07) is 17.6. The van der Waals surface area contributed by atoms with Gasteiger partial charge in [-0.15, -0.1) is 0 Å². The van der Waals surface area contributed by atoms with Crippen molar-refractivity contribution in [3.63, 3.8) is 0 Å². The molecule has 0 amide bonds.